The Labute approximate surface area is 107 Å². The van der Waals surface area contributed by atoms with Gasteiger partial charge in [-0.1, -0.05) is 6.08 Å². The number of hydrogen-bond acceptors (Lipinski definition) is 4. The van der Waals surface area contributed by atoms with Gasteiger partial charge >= 0.3 is 0 Å². The van der Waals surface area contributed by atoms with E-state index in [1.54, 1.807) is 6.20 Å². The van der Waals surface area contributed by atoms with Gasteiger partial charge in [-0.05, 0) is 19.8 Å². The van der Waals surface area contributed by atoms with Gasteiger partial charge in [0.1, 0.15) is 5.82 Å². The number of unbranched alkanes of at least 4 members (excludes halogenated alkanes) is 1. The van der Waals surface area contributed by atoms with Crippen molar-refractivity contribution in [3.63, 3.8) is 0 Å². The van der Waals surface area contributed by atoms with Gasteiger partial charge in [-0.15, -0.1) is 6.58 Å². The molecule has 0 aromatic carbocycles. The fourth-order valence-electron chi connectivity index (χ4n) is 1.66. The normalized spacial score (nSPS) is 10.5. The molecule has 0 amide bonds. The molecule has 5 heteroatoms. The first-order valence-electron chi connectivity index (χ1n) is 6.16. The lowest BCUT2D eigenvalue weighted by molar-refractivity contribution is 0.302. The van der Waals surface area contributed by atoms with Crippen LogP contribution in [0.4, 0.5) is 5.82 Å². The highest BCUT2D eigenvalue weighted by atomic mass is 16.5. The largest absolute Gasteiger partial charge is 0.475 e. The highest BCUT2D eigenvalue weighted by Crippen LogP contribution is 2.18. The molecule has 0 radical (unpaired) electrons. The lowest BCUT2D eigenvalue weighted by atomic mass is 10.3. The van der Waals surface area contributed by atoms with Crippen LogP contribution in [0.1, 0.15) is 19.8 Å². The Hall–Kier alpha value is -2.04. The molecule has 0 fully saturated rings. The maximum Gasteiger partial charge on any atom is 0.260 e. The van der Waals surface area contributed by atoms with E-state index in [0.29, 0.717) is 12.5 Å². The van der Waals surface area contributed by atoms with Crippen LogP contribution >= 0.6 is 0 Å². The Morgan fingerprint density at radius 1 is 1.56 bits per heavy atom. The summed E-state index contributed by atoms with van der Waals surface area (Å²) in [5.41, 5.74) is 0.746. The first kappa shape index (κ1) is 12.4. The average molecular weight is 246 g/mol. The van der Waals surface area contributed by atoms with Crippen LogP contribution in [0.15, 0.2) is 31.2 Å². The van der Waals surface area contributed by atoms with E-state index in [1.165, 1.54) is 0 Å². The van der Waals surface area contributed by atoms with Crippen molar-refractivity contribution in [3.8, 4) is 5.88 Å². The van der Waals surface area contributed by atoms with Crippen molar-refractivity contribution in [2.45, 2.75) is 19.8 Å². The van der Waals surface area contributed by atoms with Crippen LogP contribution < -0.4 is 10.1 Å². The van der Waals surface area contributed by atoms with Crippen molar-refractivity contribution < 1.29 is 4.74 Å². The molecule has 1 N–H and O–H groups in total. The number of anilines is 1. The SMILES string of the molecule is C=CCCCOc1nc(NCC)cn2ccnc12. The van der Waals surface area contributed by atoms with Gasteiger partial charge in [-0.25, -0.2) is 4.98 Å². The molecule has 96 valence electrons. The average Bonchev–Trinajstić information content (AvgIpc) is 2.83. The van der Waals surface area contributed by atoms with Crippen molar-refractivity contribution >= 4 is 11.5 Å². The van der Waals surface area contributed by atoms with Crippen LogP contribution in [0, 0.1) is 0 Å². The monoisotopic (exact) mass is 246 g/mol. The summed E-state index contributed by atoms with van der Waals surface area (Å²) in [5, 5.41) is 3.18. The summed E-state index contributed by atoms with van der Waals surface area (Å²) in [7, 11) is 0. The summed E-state index contributed by atoms with van der Waals surface area (Å²) in [4.78, 5) is 8.66. The summed E-state index contributed by atoms with van der Waals surface area (Å²) in [6.07, 6.45) is 9.29. The fourth-order valence-corrected chi connectivity index (χ4v) is 1.66. The number of aromatic nitrogens is 3. The maximum atomic E-state index is 5.68. The third kappa shape index (κ3) is 2.80. The van der Waals surface area contributed by atoms with Crippen molar-refractivity contribution in [3.05, 3.63) is 31.2 Å². The number of nitrogens with one attached hydrogen (secondary N) is 1. The van der Waals surface area contributed by atoms with E-state index in [-0.39, 0.29) is 0 Å². The quantitative estimate of drug-likeness (QED) is 0.602. The number of imidazole rings is 1. The number of allylic oxidation sites excluding steroid dienone is 1. The van der Waals surface area contributed by atoms with Crippen molar-refractivity contribution in [1.29, 1.82) is 0 Å². The summed E-state index contributed by atoms with van der Waals surface area (Å²) >= 11 is 0. The Balaban J connectivity index is 2.17. The second kappa shape index (κ2) is 6.05. The predicted octanol–water partition coefficient (Wildman–Crippen LogP) is 2.51. The second-order valence-electron chi connectivity index (χ2n) is 3.90. The highest BCUT2D eigenvalue weighted by Gasteiger charge is 2.08. The molecule has 0 saturated heterocycles. The standard InChI is InChI=1S/C13H18N4O/c1-3-5-6-9-18-13-12-15-7-8-17(12)10-11(16-13)14-4-2/h3,7-8,10,14H,1,4-6,9H2,2H3. The summed E-state index contributed by atoms with van der Waals surface area (Å²) in [6.45, 7) is 7.16. The lowest BCUT2D eigenvalue weighted by Gasteiger charge is -2.09. The second-order valence-corrected chi connectivity index (χ2v) is 3.90. The van der Waals surface area contributed by atoms with Gasteiger partial charge in [-0.3, -0.25) is 4.40 Å². The van der Waals surface area contributed by atoms with E-state index in [0.717, 1.165) is 30.9 Å². The Bertz CT molecular complexity index is 521. The number of ether oxygens (including phenoxy) is 1. The van der Waals surface area contributed by atoms with Crippen LogP contribution in [-0.2, 0) is 0 Å². The van der Waals surface area contributed by atoms with E-state index in [9.17, 15) is 0 Å². The molecule has 0 bridgehead atoms. The molecule has 2 aromatic heterocycles. The Kier molecular flexibility index (Phi) is 4.17. The molecule has 0 aliphatic rings. The molecule has 0 aliphatic carbocycles. The number of nitrogens with zero attached hydrogens (tertiary/aromatic N) is 3. The van der Waals surface area contributed by atoms with Gasteiger partial charge in [0.25, 0.3) is 5.88 Å². The molecule has 2 heterocycles. The smallest absolute Gasteiger partial charge is 0.260 e. The zero-order valence-electron chi connectivity index (χ0n) is 10.6. The topological polar surface area (TPSA) is 51.5 Å². The summed E-state index contributed by atoms with van der Waals surface area (Å²) < 4.78 is 7.59. The number of fused-ring (bicyclic) bond motifs is 1. The maximum absolute atomic E-state index is 5.68. The first-order valence-corrected chi connectivity index (χ1v) is 6.16. The third-order valence-electron chi connectivity index (χ3n) is 2.49. The predicted molar refractivity (Wildman–Crippen MR) is 72.1 cm³/mol. The molecule has 0 unspecified atom stereocenters. The van der Waals surface area contributed by atoms with Gasteiger partial charge < -0.3 is 10.1 Å². The number of hydrogen-bond donors (Lipinski definition) is 1. The molecule has 0 aliphatic heterocycles. The molecule has 2 aromatic rings. The van der Waals surface area contributed by atoms with Crippen LogP contribution in [0.3, 0.4) is 0 Å². The van der Waals surface area contributed by atoms with E-state index >= 15 is 0 Å². The molecule has 5 nitrogen and oxygen atoms in total. The Morgan fingerprint density at radius 3 is 3.22 bits per heavy atom. The molecule has 0 spiro atoms. The first-order chi connectivity index (χ1) is 8.85. The van der Waals surface area contributed by atoms with Crippen LogP contribution in [0.5, 0.6) is 5.88 Å². The third-order valence-corrected chi connectivity index (χ3v) is 2.49. The zero-order chi connectivity index (χ0) is 12.8. The Morgan fingerprint density at radius 2 is 2.44 bits per heavy atom. The highest BCUT2D eigenvalue weighted by molar-refractivity contribution is 5.53. The number of rotatable bonds is 7. The van der Waals surface area contributed by atoms with Gasteiger partial charge in [0.05, 0.1) is 12.8 Å². The van der Waals surface area contributed by atoms with Gasteiger partial charge in [-0.2, -0.15) is 4.98 Å². The van der Waals surface area contributed by atoms with E-state index < -0.39 is 0 Å². The van der Waals surface area contributed by atoms with Gasteiger partial charge in [0.2, 0.25) is 5.65 Å². The van der Waals surface area contributed by atoms with Crippen molar-refractivity contribution in [1.82, 2.24) is 14.4 Å². The fraction of sp³-hybridized carbons (Fsp3) is 0.385. The molecule has 2 rings (SSSR count). The van der Waals surface area contributed by atoms with E-state index in [2.05, 4.69) is 21.9 Å². The molecule has 0 atom stereocenters. The van der Waals surface area contributed by atoms with Crippen molar-refractivity contribution in [2.24, 2.45) is 0 Å². The van der Waals surface area contributed by atoms with Crippen LogP contribution in [0.25, 0.3) is 5.65 Å². The zero-order valence-corrected chi connectivity index (χ0v) is 10.6. The van der Waals surface area contributed by atoms with Gasteiger partial charge in [0.15, 0.2) is 0 Å². The lowest BCUT2D eigenvalue weighted by Crippen LogP contribution is -2.06. The van der Waals surface area contributed by atoms with E-state index in [1.807, 2.05) is 29.8 Å². The van der Waals surface area contributed by atoms with E-state index in [4.69, 9.17) is 4.74 Å². The minimum absolute atomic E-state index is 0.572. The molecular formula is C13H18N4O. The minimum atomic E-state index is 0.572. The summed E-state index contributed by atoms with van der Waals surface area (Å²) in [6, 6.07) is 0. The molecular weight excluding hydrogens is 228 g/mol. The molecule has 18 heavy (non-hydrogen) atoms. The van der Waals surface area contributed by atoms with Crippen molar-refractivity contribution in [2.75, 3.05) is 18.5 Å². The van der Waals surface area contributed by atoms with Crippen LogP contribution in [0.2, 0.25) is 0 Å². The summed E-state index contributed by atoms with van der Waals surface area (Å²) in [5.74, 6) is 1.37. The van der Waals surface area contributed by atoms with Gasteiger partial charge in [0, 0.05) is 18.9 Å². The van der Waals surface area contributed by atoms with Crippen LogP contribution in [-0.4, -0.2) is 27.5 Å². The molecule has 0 saturated carbocycles. The minimum Gasteiger partial charge on any atom is -0.475 e.